The van der Waals surface area contributed by atoms with Crippen LogP contribution in [0, 0.1) is 5.92 Å². The van der Waals surface area contributed by atoms with Gasteiger partial charge in [0.15, 0.2) is 0 Å². The van der Waals surface area contributed by atoms with Gasteiger partial charge in [0.2, 0.25) is 5.91 Å². The van der Waals surface area contributed by atoms with E-state index in [0.717, 1.165) is 0 Å². The van der Waals surface area contributed by atoms with Crippen molar-refractivity contribution < 1.29 is 19.8 Å². The molecule has 16 heavy (non-hydrogen) atoms. The second-order valence-corrected chi connectivity index (χ2v) is 4.09. The number of rotatable bonds is 7. The smallest absolute Gasteiger partial charge is 0.326 e. The van der Waals surface area contributed by atoms with Gasteiger partial charge in [-0.05, 0) is 13.0 Å². The lowest BCUT2D eigenvalue weighted by atomic mass is 10.1. The number of carboxylic acid groups (broad SMARTS) is 1. The van der Waals surface area contributed by atoms with Crippen molar-refractivity contribution in [2.75, 3.05) is 26.7 Å². The molecule has 6 heteroatoms. The molecule has 3 N–H and O–H groups in total. The summed E-state index contributed by atoms with van der Waals surface area (Å²) in [6.07, 6.45) is 0. The van der Waals surface area contributed by atoms with Crippen LogP contribution in [0.2, 0.25) is 0 Å². The SMILES string of the molecule is CC(C)C(NC(=O)CN(C)CCO)C(=O)O. The zero-order chi connectivity index (χ0) is 12.7. The van der Waals surface area contributed by atoms with Crippen molar-refractivity contribution >= 4 is 11.9 Å². The Bertz CT molecular complexity index is 243. The van der Waals surface area contributed by atoms with Gasteiger partial charge >= 0.3 is 5.97 Å². The second kappa shape index (κ2) is 7.19. The molecule has 0 aliphatic rings. The number of nitrogens with one attached hydrogen (secondary N) is 1. The van der Waals surface area contributed by atoms with Gasteiger partial charge in [-0.25, -0.2) is 4.79 Å². The molecular weight excluding hydrogens is 212 g/mol. The summed E-state index contributed by atoms with van der Waals surface area (Å²) in [6.45, 7) is 3.90. The molecule has 6 nitrogen and oxygen atoms in total. The van der Waals surface area contributed by atoms with Gasteiger partial charge in [0, 0.05) is 6.54 Å². The molecule has 0 saturated heterocycles. The number of carboxylic acids is 1. The van der Waals surface area contributed by atoms with Crippen LogP contribution < -0.4 is 5.32 Å². The minimum atomic E-state index is -1.03. The Morgan fingerprint density at radius 2 is 1.94 bits per heavy atom. The van der Waals surface area contributed by atoms with Gasteiger partial charge in [0.05, 0.1) is 13.2 Å². The Hall–Kier alpha value is -1.14. The summed E-state index contributed by atoms with van der Waals surface area (Å²) in [5.41, 5.74) is 0. The van der Waals surface area contributed by atoms with E-state index in [4.69, 9.17) is 10.2 Å². The predicted octanol–water partition coefficient (Wildman–Crippen LogP) is -0.864. The van der Waals surface area contributed by atoms with Crippen LogP contribution >= 0.6 is 0 Å². The van der Waals surface area contributed by atoms with E-state index in [1.807, 2.05) is 0 Å². The summed E-state index contributed by atoms with van der Waals surface area (Å²) in [5, 5.41) is 19.9. The lowest BCUT2D eigenvalue weighted by molar-refractivity contribution is -0.143. The minimum Gasteiger partial charge on any atom is -0.480 e. The summed E-state index contributed by atoms with van der Waals surface area (Å²) in [6, 6.07) is -0.866. The number of aliphatic hydroxyl groups excluding tert-OH is 1. The monoisotopic (exact) mass is 232 g/mol. The maximum absolute atomic E-state index is 11.4. The third-order valence-corrected chi connectivity index (χ3v) is 2.14. The molecule has 1 unspecified atom stereocenters. The van der Waals surface area contributed by atoms with Crippen LogP contribution in [0.15, 0.2) is 0 Å². The average Bonchev–Trinajstić information content (AvgIpc) is 2.13. The fourth-order valence-corrected chi connectivity index (χ4v) is 1.23. The van der Waals surface area contributed by atoms with Crippen molar-refractivity contribution in [2.24, 2.45) is 5.92 Å². The molecule has 0 radical (unpaired) electrons. The Balaban J connectivity index is 4.15. The topological polar surface area (TPSA) is 89.9 Å². The molecule has 0 aromatic rings. The van der Waals surface area contributed by atoms with Gasteiger partial charge in [-0.1, -0.05) is 13.8 Å². The molecular formula is C10H20N2O4. The van der Waals surface area contributed by atoms with Crippen molar-refractivity contribution in [1.82, 2.24) is 10.2 Å². The van der Waals surface area contributed by atoms with E-state index in [-0.39, 0.29) is 25.0 Å². The predicted molar refractivity (Wildman–Crippen MR) is 59.0 cm³/mol. The average molecular weight is 232 g/mol. The molecule has 0 saturated carbocycles. The normalized spacial score (nSPS) is 12.9. The summed E-state index contributed by atoms with van der Waals surface area (Å²) < 4.78 is 0. The number of carbonyl (C=O) groups is 2. The molecule has 94 valence electrons. The number of carbonyl (C=O) groups excluding carboxylic acids is 1. The van der Waals surface area contributed by atoms with Gasteiger partial charge in [-0.15, -0.1) is 0 Å². The standard InChI is InChI=1S/C10H20N2O4/c1-7(2)9(10(15)16)11-8(14)6-12(3)4-5-13/h7,9,13H,4-6H2,1-3H3,(H,11,14)(H,15,16). The first-order chi connectivity index (χ1) is 7.38. The van der Waals surface area contributed by atoms with E-state index in [1.54, 1.807) is 25.8 Å². The molecule has 0 aliphatic carbocycles. The highest BCUT2D eigenvalue weighted by atomic mass is 16.4. The number of aliphatic carboxylic acids is 1. The first-order valence-corrected chi connectivity index (χ1v) is 5.20. The van der Waals surface area contributed by atoms with Crippen molar-refractivity contribution in [1.29, 1.82) is 0 Å². The molecule has 0 heterocycles. The van der Waals surface area contributed by atoms with E-state index in [1.165, 1.54) is 0 Å². The maximum Gasteiger partial charge on any atom is 0.326 e. The lowest BCUT2D eigenvalue weighted by Gasteiger charge is -2.20. The van der Waals surface area contributed by atoms with Gasteiger partial charge < -0.3 is 15.5 Å². The number of aliphatic hydroxyl groups is 1. The summed E-state index contributed by atoms with van der Waals surface area (Å²) in [7, 11) is 1.68. The van der Waals surface area contributed by atoms with E-state index < -0.39 is 12.0 Å². The third-order valence-electron chi connectivity index (χ3n) is 2.14. The summed E-state index contributed by atoms with van der Waals surface area (Å²) in [4.78, 5) is 23.9. The first kappa shape index (κ1) is 14.9. The van der Waals surface area contributed by atoms with Crippen LogP contribution in [0.3, 0.4) is 0 Å². The molecule has 0 fully saturated rings. The molecule has 0 bridgehead atoms. The quantitative estimate of drug-likeness (QED) is 0.531. The minimum absolute atomic E-state index is 0.0314. The van der Waals surface area contributed by atoms with Gasteiger partial charge in [-0.3, -0.25) is 9.69 Å². The fraction of sp³-hybridized carbons (Fsp3) is 0.800. The second-order valence-electron chi connectivity index (χ2n) is 4.09. The molecule has 0 aliphatic heterocycles. The van der Waals surface area contributed by atoms with Crippen LogP contribution in [0.1, 0.15) is 13.8 Å². The van der Waals surface area contributed by atoms with Gasteiger partial charge in [0.25, 0.3) is 0 Å². The molecule has 0 rings (SSSR count). The molecule has 0 aromatic heterocycles. The van der Waals surface area contributed by atoms with Crippen molar-refractivity contribution in [3.8, 4) is 0 Å². The van der Waals surface area contributed by atoms with Crippen LogP contribution in [-0.2, 0) is 9.59 Å². The van der Waals surface area contributed by atoms with Crippen LogP contribution in [0.5, 0.6) is 0 Å². The van der Waals surface area contributed by atoms with Gasteiger partial charge in [-0.2, -0.15) is 0 Å². The van der Waals surface area contributed by atoms with E-state index in [0.29, 0.717) is 6.54 Å². The number of likely N-dealkylation sites (N-methyl/N-ethyl adjacent to an activating group) is 1. The molecule has 1 atom stereocenters. The van der Waals surface area contributed by atoms with E-state index >= 15 is 0 Å². The zero-order valence-corrected chi connectivity index (χ0v) is 9.93. The highest BCUT2D eigenvalue weighted by Crippen LogP contribution is 2.01. The highest BCUT2D eigenvalue weighted by molar-refractivity contribution is 5.84. The zero-order valence-electron chi connectivity index (χ0n) is 9.93. The van der Waals surface area contributed by atoms with Crippen molar-refractivity contribution in [3.05, 3.63) is 0 Å². The van der Waals surface area contributed by atoms with Crippen LogP contribution in [0.4, 0.5) is 0 Å². The van der Waals surface area contributed by atoms with Gasteiger partial charge in [0.1, 0.15) is 6.04 Å². The molecule has 1 amide bonds. The molecule has 0 spiro atoms. The Labute approximate surface area is 95.2 Å². The number of amides is 1. The Morgan fingerprint density at radius 3 is 2.31 bits per heavy atom. The van der Waals surface area contributed by atoms with Crippen molar-refractivity contribution in [2.45, 2.75) is 19.9 Å². The largest absolute Gasteiger partial charge is 0.480 e. The van der Waals surface area contributed by atoms with Crippen LogP contribution in [-0.4, -0.2) is 59.8 Å². The number of nitrogens with zero attached hydrogens (tertiary/aromatic N) is 1. The van der Waals surface area contributed by atoms with E-state index in [2.05, 4.69) is 5.32 Å². The van der Waals surface area contributed by atoms with Crippen LogP contribution in [0.25, 0.3) is 0 Å². The third kappa shape index (κ3) is 5.67. The number of hydrogen-bond acceptors (Lipinski definition) is 4. The maximum atomic E-state index is 11.4. The van der Waals surface area contributed by atoms with E-state index in [9.17, 15) is 9.59 Å². The Kier molecular flexibility index (Phi) is 6.67. The summed E-state index contributed by atoms with van der Waals surface area (Å²) >= 11 is 0. The fourth-order valence-electron chi connectivity index (χ4n) is 1.23. The Morgan fingerprint density at radius 1 is 1.38 bits per heavy atom. The lowest BCUT2D eigenvalue weighted by Crippen LogP contribution is -2.47. The highest BCUT2D eigenvalue weighted by Gasteiger charge is 2.23. The number of hydrogen-bond donors (Lipinski definition) is 3. The van der Waals surface area contributed by atoms with Crippen molar-refractivity contribution in [3.63, 3.8) is 0 Å². The molecule has 0 aromatic carbocycles. The first-order valence-electron chi connectivity index (χ1n) is 5.20. The summed E-state index contributed by atoms with van der Waals surface area (Å²) in [5.74, 6) is -1.55.